The average molecular weight is 339 g/mol. The Morgan fingerprint density at radius 3 is 2.44 bits per heavy atom. The number of hydrogen-bond acceptors (Lipinski definition) is 5. The van der Waals surface area contributed by atoms with Crippen LogP contribution in [0.15, 0.2) is 36.5 Å². The molecule has 1 atom stereocenters. The van der Waals surface area contributed by atoms with Gasteiger partial charge in [0.25, 0.3) is 5.91 Å². The van der Waals surface area contributed by atoms with Crippen molar-refractivity contribution in [1.82, 2.24) is 30.0 Å². The van der Waals surface area contributed by atoms with E-state index < -0.39 is 0 Å². The fourth-order valence-corrected chi connectivity index (χ4v) is 2.38. The predicted molar refractivity (Wildman–Crippen MR) is 94.0 cm³/mol. The molecule has 0 fully saturated rings. The van der Waals surface area contributed by atoms with Gasteiger partial charge in [-0.3, -0.25) is 4.79 Å². The minimum Gasteiger partial charge on any atom is -0.307 e. The molecule has 0 radical (unpaired) electrons. The third-order valence-corrected chi connectivity index (χ3v) is 4.18. The van der Waals surface area contributed by atoms with E-state index in [-0.39, 0.29) is 11.9 Å². The zero-order chi connectivity index (χ0) is 18.0. The van der Waals surface area contributed by atoms with Gasteiger partial charge in [0.05, 0.1) is 19.3 Å². The first-order chi connectivity index (χ1) is 12.0. The Kier molecular flexibility index (Phi) is 4.60. The van der Waals surface area contributed by atoms with Gasteiger partial charge in [-0.2, -0.15) is 9.90 Å². The van der Waals surface area contributed by atoms with E-state index in [1.54, 1.807) is 43.6 Å². The Balaban J connectivity index is 1.75. The molecule has 1 amide bonds. The van der Waals surface area contributed by atoms with E-state index >= 15 is 0 Å². The third-order valence-electron chi connectivity index (χ3n) is 4.18. The number of carbonyl (C=O) groups excluding carboxylic acids is 1. The summed E-state index contributed by atoms with van der Waals surface area (Å²) in [5.41, 5.74) is 1.36. The number of aryl methyl sites for hydroxylation is 1. The zero-order valence-electron chi connectivity index (χ0n) is 14.7. The molecule has 0 aliphatic rings. The molecule has 2 heterocycles. The average Bonchev–Trinajstić information content (AvgIpc) is 3.23. The number of nitrogens with one attached hydrogen (secondary N) is 1. The fourth-order valence-electron chi connectivity index (χ4n) is 2.38. The monoisotopic (exact) mass is 339 g/mol. The molecule has 8 nitrogen and oxygen atoms in total. The second-order valence-corrected chi connectivity index (χ2v) is 6.28. The summed E-state index contributed by atoms with van der Waals surface area (Å²) in [6, 6.07) is 9.09. The van der Waals surface area contributed by atoms with E-state index in [1.807, 2.05) is 4.68 Å². The lowest BCUT2D eigenvalue weighted by Gasteiger charge is -2.19. The van der Waals surface area contributed by atoms with E-state index in [2.05, 4.69) is 46.6 Å². The van der Waals surface area contributed by atoms with Crippen LogP contribution < -0.4 is 5.32 Å². The van der Waals surface area contributed by atoms with Gasteiger partial charge in [-0.1, -0.05) is 26.0 Å². The molecule has 0 aliphatic heterocycles. The van der Waals surface area contributed by atoms with Crippen LogP contribution >= 0.6 is 0 Å². The number of benzene rings is 1. The lowest BCUT2D eigenvalue weighted by Crippen LogP contribution is -2.19. The van der Waals surface area contributed by atoms with Gasteiger partial charge in [0.2, 0.25) is 5.82 Å². The Morgan fingerprint density at radius 1 is 1.12 bits per heavy atom. The second-order valence-electron chi connectivity index (χ2n) is 6.28. The largest absolute Gasteiger partial charge is 0.307 e. The van der Waals surface area contributed by atoms with Gasteiger partial charge in [-0.25, -0.2) is 4.68 Å². The maximum absolute atomic E-state index is 12.5. The Hall–Kier alpha value is -3.03. The summed E-state index contributed by atoms with van der Waals surface area (Å²) in [6.07, 6.45) is 1.69. The number of hydrogen-bond donors (Lipinski definition) is 1. The Morgan fingerprint density at radius 2 is 1.84 bits per heavy atom. The molecule has 3 aromatic rings. The molecule has 2 aromatic heterocycles. The van der Waals surface area contributed by atoms with Crippen LogP contribution in [-0.2, 0) is 7.05 Å². The first-order valence-electron chi connectivity index (χ1n) is 8.15. The van der Waals surface area contributed by atoms with E-state index in [1.165, 1.54) is 4.80 Å². The van der Waals surface area contributed by atoms with Crippen molar-refractivity contribution in [3.05, 3.63) is 42.1 Å². The fraction of sp³-hybridized carbons (Fsp3) is 0.353. The van der Waals surface area contributed by atoms with Crippen LogP contribution in [0.3, 0.4) is 0 Å². The van der Waals surface area contributed by atoms with Gasteiger partial charge >= 0.3 is 0 Å². The van der Waals surface area contributed by atoms with Gasteiger partial charge < -0.3 is 5.32 Å². The maximum atomic E-state index is 12.5. The number of nitrogens with zero attached hydrogens (tertiary/aromatic N) is 6. The van der Waals surface area contributed by atoms with E-state index in [0.29, 0.717) is 23.1 Å². The van der Waals surface area contributed by atoms with Crippen molar-refractivity contribution in [1.29, 1.82) is 0 Å². The zero-order valence-corrected chi connectivity index (χ0v) is 14.7. The molecule has 130 valence electrons. The lowest BCUT2D eigenvalue weighted by molar-refractivity contribution is 0.102. The molecule has 1 aromatic carbocycles. The molecule has 3 rings (SSSR count). The quantitative estimate of drug-likeness (QED) is 0.771. The molecule has 0 bridgehead atoms. The number of anilines is 1. The summed E-state index contributed by atoms with van der Waals surface area (Å²) < 4.78 is 1.83. The minimum absolute atomic E-state index is 0.184. The van der Waals surface area contributed by atoms with Gasteiger partial charge in [-0.15, -0.1) is 10.2 Å². The van der Waals surface area contributed by atoms with Crippen molar-refractivity contribution >= 4 is 11.7 Å². The van der Waals surface area contributed by atoms with Crippen LogP contribution in [0.5, 0.6) is 0 Å². The second kappa shape index (κ2) is 6.84. The van der Waals surface area contributed by atoms with E-state index in [0.717, 1.165) is 5.56 Å². The molecule has 1 N–H and O–H groups in total. The van der Waals surface area contributed by atoms with Crippen LogP contribution in [-0.4, -0.2) is 35.9 Å². The first kappa shape index (κ1) is 16.8. The highest BCUT2D eigenvalue weighted by Crippen LogP contribution is 2.21. The maximum Gasteiger partial charge on any atom is 0.256 e. The minimum atomic E-state index is -0.184. The van der Waals surface area contributed by atoms with Gasteiger partial charge in [0.15, 0.2) is 0 Å². The normalized spacial score (nSPS) is 12.4. The highest BCUT2D eigenvalue weighted by molar-refractivity contribution is 6.04. The highest BCUT2D eigenvalue weighted by Gasteiger charge is 2.16. The van der Waals surface area contributed by atoms with Crippen molar-refractivity contribution in [2.24, 2.45) is 13.0 Å². The first-order valence-corrected chi connectivity index (χ1v) is 8.15. The van der Waals surface area contributed by atoms with Gasteiger partial charge in [0.1, 0.15) is 5.82 Å². The van der Waals surface area contributed by atoms with Crippen LogP contribution in [0, 0.1) is 5.92 Å². The van der Waals surface area contributed by atoms with Gasteiger partial charge in [0, 0.05) is 17.2 Å². The van der Waals surface area contributed by atoms with Crippen molar-refractivity contribution in [2.75, 3.05) is 5.32 Å². The summed E-state index contributed by atoms with van der Waals surface area (Å²) in [6.45, 7) is 6.32. The van der Waals surface area contributed by atoms with E-state index in [9.17, 15) is 4.79 Å². The molecule has 0 aliphatic carbocycles. The standard InChI is InChI=1S/C17H21N7O/c1-11(2)12(3)24-15(9-10-18-24)19-17(25)14-7-5-13(6-8-14)16-20-22-23(4)21-16/h5-12H,1-4H3,(H,19,25)/t12-/m1/s1. The van der Waals surface area contributed by atoms with E-state index in [4.69, 9.17) is 0 Å². The predicted octanol–water partition coefficient (Wildman–Crippen LogP) is 2.54. The molecule has 8 heteroatoms. The molecule has 25 heavy (non-hydrogen) atoms. The van der Waals surface area contributed by atoms with Crippen molar-refractivity contribution in [3.8, 4) is 11.4 Å². The molecule has 0 saturated carbocycles. The molecular formula is C17H21N7O. The topological polar surface area (TPSA) is 90.5 Å². The highest BCUT2D eigenvalue weighted by atomic mass is 16.1. The number of rotatable bonds is 5. The Bertz CT molecular complexity index is 863. The summed E-state index contributed by atoms with van der Waals surface area (Å²) in [5, 5.41) is 19.1. The number of aromatic nitrogens is 6. The third kappa shape index (κ3) is 3.57. The van der Waals surface area contributed by atoms with Crippen molar-refractivity contribution < 1.29 is 4.79 Å². The SMILES string of the molecule is CC(C)[C@@H](C)n1nccc1NC(=O)c1ccc(-c2nnn(C)n2)cc1. The molecule has 0 unspecified atom stereocenters. The smallest absolute Gasteiger partial charge is 0.256 e. The summed E-state index contributed by atoms with van der Waals surface area (Å²) in [7, 11) is 1.71. The van der Waals surface area contributed by atoms with Crippen LogP contribution in [0.25, 0.3) is 11.4 Å². The van der Waals surface area contributed by atoms with Crippen LogP contribution in [0.4, 0.5) is 5.82 Å². The Labute approximate surface area is 145 Å². The summed E-state index contributed by atoms with van der Waals surface area (Å²) in [5.74, 6) is 1.44. The molecule has 0 spiro atoms. The van der Waals surface area contributed by atoms with Crippen molar-refractivity contribution in [3.63, 3.8) is 0 Å². The number of tetrazole rings is 1. The number of carbonyl (C=O) groups is 1. The van der Waals surface area contributed by atoms with Crippen LogP contribution in [0.1, 0.15) is 37.2 Å². The lowest BCUT2D eigenvalue weighted by atomic mass is 10.1. The number of amides is 1. The molecule has 0 saturated heterocycles. The summed E-state index contributed by atoms with van der Waals surface area (Å²) in [4.78, 5) is 13.9. The molecular weight excluding hydrogens is 318 g/mol. The van der Waals surface area contributed by atoms with Crippen molar-refractivity contribution in [2.45, 2.75) is 26.8 Å². The van der Waals surface area contributed by atoms with Crippen LogP contribution in [0.2, 0.25) is 0 Å². The summed E-state index contributed by atoms with van der Waals surface area (Å²) >= 11 is 0. The van der Waals surface area contributed by atoms with Gasteiger partial charge in [-0.05, 0) is 30.2 Å².